The number of ether oxygens (including phenoxy) is 1. The van der Waals surface area contributed by atoms with E-state index in [2.05, 4.69) is 28.1 Å². The molecule has 2 aromatic rings. The second-order valence-corrected chi connectivity index (χ2v) is 9.87. The van der Waals surface area contributed by atoms with E-state index in [-0.39, 0.29) is 30.2 Å². The van der Waals surface area contributed by atoms with Crippen molar-refractivity contribution in [3.63, 3.8) is 0 Å². The highest BCUT2D eigenvalue weighted by atomic mass is 79.9. The van der Waals surface area contributed by atoms with Crippen LogP contribution in [-0.4, -0.2) is 60.4 Å². The van der Waals surface area contributed by atoms with Gasteiger partial charge in [-0.25, -0.2) is 0 Å². The summed E-state index contributed by atoms with van der Waals surface area (Å²) < 4.78 is 4.54. The van der Waals surface area contributed by atoms with Crippen LogP contribution in [0.1, 0.15) is 28.2 Å². The molecule has 7 heteroatoms. The maximum atomic E-state index is 13.7. The Labute approximate surface area is 188 Å². The Kier molecular flexibility index (Phi) is 4.17. The summed E-state index contributed by atoms with van der Waals surface area (Å²) in [7, 11) is 0. The Hall–Kier alpha value is -2.51. The third kappa shape index (κ3) is 2.44. The van der Waals surface area contributed by atoms with Crippen LogP contribution in [0.5, 0.6) is 0 Å². The first-order valence-corrected chi connectivity index (χ1v) is 11.4. The van der Waals surface area contributed by atoms with E-state index in [4.69, 9.17) is 4.74 Å². The van der Waals surface area contributed by atoms with Gasteiger partial charge < -0.3 is 9.64 Å². The molecule has 0 spiro atoms. The van der Waals surface area contributed by atoms with Crippen molar-refractivity contribution in [3.8, 4) is 0 Å². The van der Waals surface area contributed by atoms with Crippen molar-refractivity contribution in [2.45, 2.75) is 10.2 Å². The smallest absolute Gasteiger partial charge is 0.242 e. The molecule has 2 saturated heterocycles. The van der Waals surface area contributed by atoms with E-state index in [0.717, 1.165) is 22.3 Å². The standard InChI is InChI=1S/C24H21BrN2O4/c25-24-16-7-3-1-5-14(16)19(15-6-2-4-8-17(15)24)20-21(24)23(30)27(22(20)29)13-18(28)26-9-11-31-12-10-26/h1-8,19-21H,9-13H2/t19?,20-,21-,24?/m1/s1. The number of amides is 3. The van der Waals surface area contributed by atoms with Crippen LogP contribution in [0.4, 0.5) is 0 Å². The molecule has 6 nitrogen and oxygen atoms in total. The number of carbonyl (C=O) groups excluding carboxylic acids is 3. The number of morpholine rings is 1. The van der Waals surface area contributed by atoms with Crippen LogP contribution >= 0.6 is 15.9 Å². The summed E-state index contributed by atoms with van der Waals surface area (Å²) in [6.07, 6.45) is 0. The summed E-state index contributed by atoms with van der Waals surface area (Å²) in [6, 6.07) is 16.1. The third-order valence-electron chi connectivity index (χ3n) is 7.26. The van der Waals surface area contributed by atoms with Gasteiger partial charge in [-0.05, 0) is 22.3 Å². The first-order valence-electron chi connectivity index (χ1n) is 10.6. The van der Waals surface area contributed by atoms with Gasteiger partial charge in [0.05, 0.1) is 29.4 Å². The molecule has 2 bridgehead atoms. The highest BCUT2D eigenvalue weighted by Crippen LogP contribution is 2.66. The zero-order chi connectivity index (χ0) is 21.3. The predicted octanol–water partition coefficient (Wildman–Crippen LogP) is 2.24. The largest absolute Gasteiger partial charge is 0.378 e. The predicted molar refractivity (Wildman–Crippen MR) is 116 cm³/mol. The van der Waals surface area contributed by atoms with E-state index < -0.39 is 16.2 Å². The van der Waals surface area contributed by atoms with Crippen molar-refractivity contribution in [3.05, 3.63) is 70.8 Å². The average molecular weight is 481 g/mol. The maximum Gasteiger partial charge on any atom is 0.242 e. The van der Waals surface area contributed by atoms with Crippen LogP contribution < -0.4 is 0 Å². The summed E-state index contributed by atoms with van der Waals surface area (Å²) in [6.45, 7) is 1.74. The second kappa shape index (κ2) is 6.74. The number of alkyl halides is 1. The number of hydrogen-bond acceptors (Lipinski definition) is 4. The lowest BCUT2D eigenvalue weighted by Crippen LogP contribution is -2.50. The fourth-order valence-corrected chi connectivity index (χ4v) is 7.15. The summed E-state index contributed by atoms with van der Waals surface area (Å²) in [5.74, 6) is -1.95. The minimum Gasteiger partial charge on any atom is -0.378 e. The molecule has 0 N–H and O–H groups in total. The number of halogens is 1. The lowest BCUT2D eigenvalue weighted by Gasteiger charge is -2.51. The van der Waals surface area contributed by atoms with E-state index >= 15 is 0 Å². The van der Waals surface area contributed by atoms with E-state index in [9.17, 15) is 14.4 Å². The number of nitrogens with zero attached hydrogens (tertiary/aromatic N) is 2. The van der Waals surface area contributed by atoms with E-state index in [1.807, 2.05) is 36.4 Å². The molecule has 3 amide bonds. The topological polar surface area (TPSA) is 66.9 Å². The molecule has 7 rings (SSSR count). The van der Waals surface area contributed by atoms with Gasteiger partial charge in [0, 0.05) is 19.0 Å². The SMILES string of the molecule is O=C(CN1C(=O)[C@@H]2C3c4ccccc4C(Br)(c4ccccc43)[C@H]2C1=O)N1CCOCC1. The molecular formula is C24H21BrN2O4. The minimum atomic E-state index is -0.775. The van der Waals surface area contributed by atoms with Crippen LogP contribution in [0.25, 0.3) is 0 Å². The first kappa shape index (κ1) is 19.2. The van der Waals surface area contributed by atoms with Crippen molar-refractivity contribution in [1.82, 2.24) is 9.80 Å². The normalized spacial score (nSPS) is 30.8. The summed E-state index contributed by atoms with van der Waals surface area (Å²) in [4.78, 5) is 43.0. The number of imide groups is 1. The first-order chi connectivity index (χ1) is 15.0. The van der Waals surface area contributed by atoms with Crippen molar-refractivity contribution < 1.29 is 19.1 Å². The van der Waals surface area contributed by atoms with Crippen LogP contribution in [0.3, 0.4) is 0 Å². The van der Waals surface area contributed by atoms with Gasteiger partial charge in [-0.2, -0.15) is 0 Å². The van der Waals surface area contributed by atoms with E-state index in [1.165, 1.54) is 4.90 Å². The molecule has 2 fully saturated rings. The fraction of sp³-hybridized carbons (Fsp3) is 0.375. The molecule has 0 saturated carbocycles. The zero-order valence-electron chi connectivity index (χ0n) is 16.8. The molecule has 2 aromatic carbocycles. The zero-order valence-corrected chi connectivity index (χ0v) is 18.4. The molecule has 0 aromatic heterocycles. The van der Waals surface area contributed by atoms with Crippen molar-refractivity contribution in [2.75, 3.05) is 32.8 Å². The highest BCUT2D eigenvalue weighted by molar-refractivity contribution is 9.09. The number of hydrogen-bond donors (Lipinski definition) is 0. The molecule has 3 aliphatic carbocycles. The molecule has 2 heterocycles. The lowest BCUT2D eigenvalue weighted by atomic mass is 9.55. The molecule has 158 valence electrons. The summed E-state index contributed by atoms with van der Waals surface area (Å²) in [5, 5.41) is 0. The number of carbonyl (C=O) groups is 3. The van der Waals surface area contributed by atoms with Crippen molar-refractivity contribution >= 4 is 33.7 Å². The van der Waals surface area contributed by atoms with Gasteiger partial charge >= 0.3 is 0 Å². The fourth-order valence-electron chi connectivity index (χ4n) is 5.94. The van der Waals surface area contributed by atoms with Crippen molar-refractivity contribution in [1.29, 1.82) is 0 Å². The molecule has 2 atom stereocenters. The van der Waals surface area contributed by atoms with Gasteiger partial charge in [-0.1, -0.05) is 64.5 Å². The van der Waals surface area contributed by atoms with E-state index in [1.54, 1.807) is 4.90 Å². The Balaban J connectivity index is 1.43. The van der Waals surface area contributed by atoms with Crippen LogP contribution in [0.15, 0.2) is 48.5 Å². The van der Waals surface area contributed by atoms with Gasteiger partial charge in [0.15, 0.2) is 0 Å². The Morgan fingerprint density at radius 1 is 0.968 bits per heavy atom. The molecule has 31 heavy (non-hydrogen) atoms. The molecule has 0 radical (unpaired) electrons. The molecule has 5 aliphatic rings. The number of benzene rings is 2. The van der Waals surface area contributed by atoms with Gasteiger partial charge in [-0.3, -0.25) is 19.3 Å². The van der Waals surface area contributed by atoms with Crippen LogP contribution in [0.2, 0.25) is 0 Å². The quantitative estimate of drug-likeness (QED) is 0.488. The Morgan fingerprint density at radius 3 is 2.16 bits per heavy atom. The maximum absolute atomic E-state index is 13.7. The second-order valence-electron chi connectivity index (χ2n) is 8.62. The Morgan fingerprint density at radius 2 is 1.55 bits per heavy atom. The van der Waals surface area contributed by atoms with Crippen molar-refractivity contribution in [2.24, 2.45) is 11.8 Å². The third-order valence-corrected chi connectivity index (χ3v) is 8.61. The summed E-state index contributed by atoms with van der Waals surface area (Å²) in [5.41, 5.74) is 4.26. The molecular weight excluding hydrogens is 460 g/mol. The molecule has 2 aliphatic heterocycles. The minimum absolute atomic E-state index is 0.184. The average Bonchev–Trinajstić information content (AvgIpc) is 3.06. The van der Waals surface area contributed by atoms with Gasteiger partial charge in [-0.15, -0.1) is 0 Å². The van der Waals surface area contributed by atoms with Crippen LogP contribution in [-0.2, 0) is 23.4 Å². The Bertz CT molecular complexity index is 1080. The van der Waals surface area contributed by atoms with Gasteiger partial charge in [0.1, 0.15) is 6.54 Å². The van der Waals surface area contributed by atoms with Gasteiger partial charge in [0.25, 0.3) is 0 Å². The lowest BCUT2D eigenvalue weighted by molar-refractivity contribution is -0.148. The number of rotatable bonds is 2. The highest BCUT2D eigenvalue weighted by Gasteiger charge is 2.67. The van der Waals surface area contributed by atoms with Gasteiger partial charge in [0.2, 0.25) is 17.7 Å². The monoisotopic (exact) mass is 480 g/mol. The molecule has 0 unspecified atom stereocenters. The van der Waals surface area contributed by atoms with Crippen LogP contribution in [0, 0.1) is 11.8 Å². The van der Waals surface area contributed by atoms with E-state index in [0.29, 0.717) is 26.3 Å². The summed E-state index contributed by atoms with van der Waals surface area (Å²) >= 11 is 3.96. The number of likely N-dealkylation sites (tertiary alicyclic amines) is 1.